The number of carbonyl (C=O) groups is 1. The minimum Gasteiger partial charge on any atom is -0.459 e. The Balaban J connectivity index is 1.73. The number of likely N-dealkylation sites (tertiary alicyclic amines) is 1. The topological polar surface area (TPSA) is 45.5 Å². The van der Waals surface area contributed by atoms with Crippen LogP contribution in [0.4, 0.5) is 0 Å². The van der Waals surface area contributed by atoms with E-state index in [2.05, 4.69) is 5.32 Å². The van der Waals surface area contributed by atoms with Gasteiger partial charge in [-0.3, -0.25) is 4.79 Å². The largest absolute Gasteiger partial charge is 0.459 e. The normalized spacial score (nSPS) is 28.2. The Bertz CT molecular complexity index is 427. The Kier molecular flexibility index (Phi) is 2.67. The lowest BCUT2D eigenvalue weighted by Gasteiger charge is -2.34. The van der Waals surface area contributed by atoms with E-state index in [1.165, 1.54) is 6.42 Å². The van der Waals surface area contributed by atoms with E-state index in [-0.39, 0.29) is 5.91 Å². The quantitative estimate of drug-likeness (QED) is 0.799. The summed E-state index contributed by atoms with van der Waals surface area (Å²) in [5.74, 6) is 1.30. The number of amides is 1. The highest BCUT2D eigenvalue weighted by atomic mass is 16.3. The third kappa shape index (κ3) is 1.86. The Labute approximate surface area is 101 Å². The van der Waals surface area contributed by atoms with Crippen molar-refractivity contribution >= 4 is 5.91 Å². The van der Waals surface area contributed by atoms with Gasteiger partial charge in [0.05, 0.1) is 6.26 Å². The van der Waals surface area contributed by atoms with Gasteiger partial charge in [0.1, 0.15) is 0 Å². The first-order valence-corrected chi connectivity index (χ1v) is 6.32. The maximum Gasteiger partial charge on any atom is 0.289 e. The maximum absolute atomic E-state index is 12.3. The number of rotatable bonds is 1. The first kappa shape index (κ1) is 10.8. The predicted molar refractivity (Wildman–Crippen MR) is 63.9 cm³/mol. The average Bonchev–Trinajstić information content (AvgIpc) is 2.95. The van der Waals surface area contributed by atoms with Gasteiger partial charge < -0.3 is 14.6 Å². The van der Waals surface area contributed by atoms with E-state index in [1.54, 1.807) is 6.26 Å². The lowest BCUT2D eigenvalue weighted by atomic mass is 9.92. The van der Waals surface area contributed by atoms with Crippen LogP contribution in [0.2, 0.25) is 0 Å². The third-order valence-electron chi connectivity index (χ3n) is 4.02. The van der Waals surface area contributed by atoms with Gasteiger partial charge in [0.25, 0.3) is 5.91 Å². The summed E-state index contributed by atoms with van der Waals surface area (Å²) in [4.78, 5) is 14.2. The molecule has 1 amide bonds. The fourth-order valence-electron chi connectivity index (χ4n) is 2.95. The molecule has 0 aromatic carbocycles. The Morgan fingerprint density at radius 2 is 2.41 bits per heavy atom. The number of hydrogen-bond acceptors (Lipinski definition) is 3. The zero-order chi connectivity index (χ0) is 11.8. The number of nitrogens with one attached hydrogen (secondary N) is 1. The van der Waals surface area contributed by atoms with E-state index in [9.17, 15) is 4.79 Å². The van der Waals surface area contributed by atoms with Crippen LogP contribution in [-0.4, -0.2) is 36.5 Å². The van der Waals surface area contributed by atoms with E-state index in [0.29, 0.717) is 11.8 Å². The molecule has 2 unspecified atom stereocenters. The molecule has 2 fully saturated rings. The van der Waals surface area contributed by atoms with Crippen LogP contribution in [0.25, 0.3) is 0 Å². The molecule has 0 spiro atoms. The highest BCUT2D eigenvalue weighted by Crippen LogP contribution is 2.26. The molecule has 0 saturated carbocycles. The molecule has 2 saturated heterocycles. The number of nitrogens with zero attached hydrogens (tertiary/aromatic N) is 1. The van der Waals surface area contributed by atoms with Gasteiger partial charge >= 0.3 is 0 Å². The summed E-state index contributed by atoms with van der Waals surface area (Å²) in [5, 5.41) is 3.48. The lowest BCUT2D eigenvalue weighted by Crippen LogP contribution is -2.48. The molecule has 4 heteroatoms. The maximum atomic E-state index is 12.3. The van der Waals surface area contributed by atoms with E-state index in [0.717, 1.165) is 37.5 Å². The van der Waals surface area contributed by atoms with Gasteiger partial charge in [-0.2, -0.15) is 0 Å². The molecular formula is C13H18N2O2. The predicted octanol–water partition coefficient (Wildman–Crippen LogP) is 1.41. The molecule has 92 valence electrons. The van der Waals surface area contributed by atoms with Crippen molar-refractivity contribution in [1.82, 2.24) is 10.2 Å². The summed E-state index contributed by atoms with van der Waals surface area (Å²) >= 11 is 0. The van der Waals surface area contributed by atoms with Gasteiger partial charge in [0.2, 0.25) is 0 Å². The van der Waals surface area contributed by atoms with E-state index in [1.807, 2.05) is 17.9 Å². The van der Waals surface area contributed by atoms with E-state index in [4.69, 9.17) is 4.42 Å². The van der Waals surface area contributed by atoms with Crippen LogP contribution in [0, 0.1) is 12.8 Å². The van der Waals surface area contributed by atoms with Gasteiger partial charge in [-0.15, -0.1) is 0 Å². The monoisotopic (exact) mass is 234 g/mol. The molecule has 2 aliphatic heterocycles. The standard InChI is InChI=1S/C13H18N2O2/c1-9-4-7-17-12(9)13(16)15-6-3-10-2-5-14-11(10)8-15/h4,7,10-11,14H,2-3,5-6,8H2,1H3. The fraction of sp³-hybridized carbons (Fsp3) is 0.615. The second-order valence-electron chi connectivity index (χ2n) is 5.08. The molecule has 0 radical (unpaired) electrons. The molecule has 3 heterocycles. The summed E-state index contributed by atoms with van der Waals surface area (Å²) in [6.07, 6.45) is 3.96. The van der Waals surface area contributed by atoms with Crippen molar-refractivity contribution in [2.24, 2.45) is 5.92 Å². The number of piperidine rings is 1. The van der Waals surface area contributed by atoms with E-state index >= 15 is 0 Å². The summed E-state index contributed by atoms with van der Waals surface area (Å²) in [5.41, 5.74) is 0.927. The van der Waals surface area contributed by atoms with Gasteiger partial charge in [-0.25, -0.2) is 0 Å². The molecule has 4 nitrogen and oxygen atoms in total. The molecule has 0 bridgehead atoms. The molecule has 17 heavy (non-hydrogen) atoms. The molecular weight excluding hydrogens is 216 g/mol. The van der Waals surface area contributed by atoms with Crippen molar-refractivity contribution < 1.29 is 9.21 Å². The number of hydrogen-bond donors (Lipinski definition) is 1. The third-order valence-corrected chi connectivity index (χ3v) is 4.02. The van der Waals surface area contributed by atoms with Crippen LogP contribution in [0.3, 0.4) is 0 Å². The number of furan rings is 1. The van der Waals surface area contributed by atoms with Gasteiger partial charge in [-0.05, 0) is 38.3 Å². The molecule has 1 N–H and O–H groups in total. The minimum absolute atomic E-state index is 0.0413. The molecule has 1 aromatic heterocycles. The first-order chi connectivity index (χ1) is 8.25. The number of aryl methyl sites for hydroxylation is 1. The van der Waals surface area contributed by atoms with Crippen molar-refractivity contribution in [3.63, 3.8) is 0 Å². The average molecular weight is 234 g/mol. The van der Waals surface area contributed by atoms with Crippen LogP contribution >= 0.6 is 0 Å². The SMILES string of the molecule is Cc1ccoc1C(=O)N1CCC2CCNC2C1. The fourth-order valence-corrected chi connectivity index (χ4v) is 2.95. The molecule has 0 aliphatic carbocycles. The molecule has 1 aromatic rings. The lowest BCUT2D eigenvalue weighted by molar-refractivity contribution is 0.0636. The van der Waals surface area contributed by atoms with Gasteiger partial charge in [-0.1, -0.05) is 0 Å². The van der Waals surface area contributed by atoms with Crippen molar-refractivity contribution in [3.8, 4) is 0 Å². The van der Waals surface area contributed by atoms with E-state index < -0.39 is 0 Å². The van der Waals surface area contributed by atoms with Crippen LogP contribution in [0.5, 0.6) is 0 Å². The van der Waals surface area contributed by atoms with Crippen molar-refractivity contribution in [2.75, 3.05) is 19.6 Å². The number of carbonyl (C=O) groups excluding carboxylic acids is 1. The highest BCUT2D eigenvalue weighted by molar-refractivity contribution is 5.92. The first-order valence-electron chi connectivity index (χ1n) is 6.32. The zero-order valence-corrected chi connectivity index (χ0v) is 10.1. The summed E-state index contributed by atoms with van der Waals surface area (Å²) < 4.78 is 5.28. The molecule has 2 aliphatic rings. The van der Waals surface area contributed by atoms with Crippen molar-refractivity contribution in [2.45, 2.75) is 25.8 Å². The van der Waals surface area contributed by atoms with Gasteiger partial charge in [0, 0.05) is 24.7 Å². The summed E-state index contributed by atoms with van der Waals surface area (Å²) in [7, 11) is 0. The van der Waals surface area contributed by atoms with Crippen LogP contribution in [0.15, 0.2) is 16.7 Å². The molecule has 2 atom stereocenters. The summed E-state index contributed by atoms with van der Waals surface area (Å²) in [6, 6.07) is 2.33. The van der Waals surface area contributed by atoms with Crippen LogP contribution < -0.4 is 5.32 Å². The van der Waals surface area contributed by atoms with Crippen LogP contribution in [-0.2, 0) is 0 Å². The highest BCUT2D eigenvalue weighted by Gasteiger charge is 2.35. The van der Waals surface area contributed by atoms with Crippen LogP contribution in [0.1, 0.15) is 29.0 Å². The summed E-state index contributed by atoms with van der Waals surface area (Å²) in [6.45, 7) is 4.69. The van der Waals surface area contributed by atoms with Crippen molar-refractivity contribution in [3.05, 3.63) is 23.7 Å². The Morgan fingerprint density at radius 1 is 1.53 bits per heavy atom. The zero-order valence-electron chi connectivity index (χ0n) is 10.1. The van der Waals surface area contributed by atoms with Gasteiger partial charge in [0.15, 0.2) is 5.76 Å². The Hall–Kier alpha value is -1.29. The smallest absolute Gasteiger partial charge is 0.289 e. The number of fused-ring (bicyclic) bond motifs is 1. The molecule has 3 rings (SSSR count). The Morgan fingerprint density at radius 3 is 3.18 bits per heavy atom. The minimum atomic E-state index is 0.0413. The second-order valence-corrected chi connectivity index (χ2v) is 5.08. The van der Waals surface area contributed by atoms with Crippen molar-refractivity contribution in [1.29, 1.82) is 0 Å². The second kappa shape index (κ2) is 4.18.